The molecule has 20 heavy (non-hydrogen) atoms. The van der Waals surface area contributed by atoms with Gasteiger partial charge in [0.1, 0.15) is 5.41 Å². The topological polar surface area (TPSA) is 66.5 Å². The van der Waals surface area contributed by atoms with Crippen LogP contribution in [0.3, 0.4) is 0 Å². The highest BCUT2D eigenvalue weighted by atomic mass is 79.9. The fraction of sp³-hybridized carbons (Fsp3) is 0.357. The number of imide groups is 2. The van der Waals surface area contributed by atoms with Crippen molar-refractivity contribution in [3.63, 3.8) is 0 Å². The Morgan fingerprint density at radius 2 is 2.00 bits per heavy atom. The first-order valence-corrected chi connectivity index (χ1v) is 7.24. The molecule has 0 radical (unpaired) electrons. The van der Waals surface area contributed by atoms with Gasteiger partial charge in [0, 0.05) is 4.47 Å². The minimum Gasteiger partial charge on any atom is -0.277 e. The van der Waals surface area contributed by atoms with Crippen molar-refractivity contribution in [2.45, 2.75) is 25.8 Å². The van der Waals surface area contributed by atoms with E-state index in [0.29, 0.717) is 12.8 Å². The molecule has 5 nitrogen and oxygen atoms in total. The van der Waals surface area contributed by atoms with Gasteiger partial charge < -0.3 is 0 Å². The number of urea groups is 1. The molecule has 0 unspecified atom stereocenters. The van der Waals surface area contributed by atoms with Crippen LogP contribution >= 0.6 is 15.9 Å². The SMILES string of the molecule is O=C1NC(=O)C2(CCC2)C(=O)N1Cc1cccc(Br)c1. The lowest BCUT2D eigenvalue weighted by Gasteiger charge is -2.44. The first-order chi connectivity index (χ1) is 9.53. The van der Waals surface area contributed by atoms with Gasteiger partial charge in [0.05, 0.1) is 6.54 Å². The van der Waals surface area contributed by atoms with E-state index in [2.05, 4.69) is 21.2 Å². The lowest BCUT2D eigenvalue weighted by Crippen LogP contribution is -2.65. The molecule has 4 amide bonds. The maximum Gasteiger partial charge on any atom is 0.331 e. The zero-order valence-corrected chi connectivity index (χ0v) is 12.3. The normalized spacial score (nSPS) is 20.9. The minimum atomic E-state index is -1.00. The number of carbonyl (C=O) groups excluding carboxylic acids is 3. The van der Waals surface area contributed by atoms with Gasteiger partial charge in [0.2, 0.25) is 11.8 Å². The molecule has 0 atom stereocenters. The van der Waals surface area contributed by atoms with Gasteiger partial charge in [-0.2, -0.15) is 0 Å². The first-order valence-electron chi connectivity index (χ1n) is 6.45. The summed E-state index contributed by atoms with van der Waals surface area (Å²) >= 11 is 3.36. The molecule has 0 aromatic heterocycles. The van der Waals surface area contributed by atoms with Crippen molar-refractivity contribution in [3.8, 4) is 0 Å². The number of carbonyl (C=O) groups is 3. The van der Waals surface area contributed by atoms with E-state index >= 15 is 0 Å². The zero-order valence-electron chi connectivity index (χ0n) is 10.7. The van der Waals surface area contributed by atoms with Crippen LogP contribution in [0.25, 0.3) is 0 Å². The second-order valence-corrected chi connectivity index (χ2v) is 6.13. The summed E-state index contributed by atoms with van der Waals surface area (Å²) in [5, 5.41) is 2.30. The van der Waals surface area contributed by atoms with Gasteiger partial charge in [0.15, 0.2) is 0 Å². The van der Waals surface area contributed by atoms with Crippen LogP contribution in [0.2, 0.25) is 0 Å². The standard InChI is InChI=1S/C14H13BrN2O3/c15-10-4-1-3-9(7-10)8-17-12(19)14(5-2-6-14)11(18)16-13(17)20/h1,3-4,7H,2,5-6,8H2,(H,16,18,20). The van der Waals surface area contributed by atoms with Gasteiger partial charge in [0.25, 0.3) is 0 Å². The number of halogens is 1. The molecule has 1 aromatic rings. The highest BCUT2D eigenvalue weighted by molar-refractivity contribution is 9.10. The summed E-state index contributed by atoms with van der Waals surface area (Å²) in [6, 6.07) is 6.78. The predicted octanol–water partition coefficient (Wildman–Crippen LogP) is 2.20. The van der Waals surface area contributed by atoms with Crippen molar-refractivity contribution in [2.75, 3.05) is 0 Å². The second-order valence-electron chi connectivity index (χ2n) is 5.22. The molecule has 1 heterocycles. The number of amides is 4. The molecule has 1 aliphatic heterocycles. The first kappa shape index (κ1) is 13.3. The molecule has 1 saturated carbocycles. The average Bonchev–Trinajstić information content (AvgIpc) is 2.33. The molecule has 2 aliphatic rings. The smallest absolute Gasteiger partial charge is 0.277 e. The molecule has 6 heteroatoms. The van der Waals surface area contributed by atoms with Gasteiger partial charge in [-0.05, 0) is 30.5 Å². The lowest BCUT2D eigenvalue weighted by molar-refractivity contribution is -0.158. The monoisotopic (exact) mass is 336 g/mol. The Bertz CT molecular complexity index is 610. The van der Waals surface area contributed by atoms with Gasteiger partial charge in [-0.25, -0.2) is 4.79 Å². The molecule has 2 fully saturated rings. The van der Waals surface area contributed by atoms with Crippen LogP contribution in [0.5, 0.6) is 0 Å². The molecule has 1 N–H and O–H groups in total. The van der Waals surface area contributed by atoms with Crippen molar-refractivity contribution >= 4 is 33.8 Å². The molecule has 104 valence electrons. The molecule has 1 aliphatic carbocycles. The molecular formula is C14H13BrN2O3. The summed E-state index contributed by atoms with van der Waals surface area (Å²) in [6.45, 7) is 0.180. The number of hydrogen-bond donors (Lipinski definition) is 1. The van der Waals surface area contributed by atoms with E-state index in [4.69, 9.17) is 0 Å². The van der Waals surface area contributed by atoms with Crippen LogP contribution in [-0.2, 0) is 16.1 Å². The average molecular weight is 337 g/mol. The van der Waals surface area contributed by atoms with Gasteiger partial charge >= 0.3 is 6.03 Å². The van der Waals surface area contributed by atoms with E-state index in [0.717, 1.165) is 21.4 Å². The quantitative estimate of drug-likeness (QED) is 0.842. The van der Waals surface area contributed by atoms with Crippen LogP contribution in [-0.4, -0.2) is 22.7 Å². The number of nitrogens with one attached hydrogen (secondary N) is 1. The number of nitrogens with zero attached hydrogens (tertiary/aromatic N) is 1. The Hall–Kier alpha value is -1.69. The second kappa shape index (κ2) is 4.70. The molecule has 1 spiro atoms. The van der Waals surface area contributed by atoms with Crippen molar-refractivity contribution in [1.82, 2.24) is 10.2 Å². The van der Waals surface area contributed by atoms with Crippen LogP contribution < -0.4 is 5.32 Å². The highest BCUT2D eigenvalue weighted by Crippen LogP contribution is 2.44. The number of benzene rings is 1. The third-order valence-corrected chi connectivity index (χ3v) is 4.48. The largest absolute Gasteiger partial charge is 0.331 e. The van der Waals surface area contributed by atoms with E-state index in [1.165, 1.54) is 0 Å². The highest BCUT2D eigenvalue weighted by Gasteiger charge is 2.57. The minimum absolute atomic E-state index is 0.180. The Balaban J connectivity index is 1.86. The fourth-order valence-corrected chi connectivity index (χ4v) is 3.11. The number of hydrogen-bond acceptors (Lipinski definition) is 3. The van der Waals surface area contributed by atoms with E-state index < -0.39 is 17.4 Å². The Kier molecular flexibility index (Phi) is 3.12. The van der Waals surface area contributed by atoms with Crippen molar-refractivity contribution < 1.29 is 14.4 Å². The van der Waals surface area contributed by atoms with Gasteiger partial charge in [-0.15, -0.1) is 0 Å². The van der Waals surface area contributed by atoms with Crippen molar-refractivity contribution in [2.24, 2.45) is 5.41 Å². The third-order valence-electron chi connectivity index (χ3n) is 3.99. The summed E-state index contributed by atoms with van der Waals surface area (Å²) in [4.78, 5) is 37.4. The molecule has 0 bridgehead atoms. The lowest BCUT2D eigenvalue weighted by atomic mass is 9.66. The van der Waals surface area contributed by atoms with E-state index in [1.54, 1.807) is 0 Å². The summed E-state index contributed by atoms with van der Waals surface area (Å²) in [5.74, 6) is -0.804. The summed E-state index contributed by atoms with van der Waals surface area (Å²) in [6.07, 6.45) is 1.90. The summed E-state index contributed by atoms with van der Waals surface area (Å²) in [5.41, 5.74) is -0.161. The Morgan fingerprint density at radius 1 is 1.25 bits per heavy atom. The Morgan fingerprint density at radius 3 is 2.60 bits per heavy atom. The molecule has 3 rings (SSSR count). The summed E-state index contributed by atoms with van der Waals surface area (Å²) in [7, 11) is 0. The molecular weight excluding hydrogens is 324 g/mol. The van der Waals surface area contributed by atoms with Crippen molar-refractivity contribution in [3.05, 3.63) is 34.3 Å². The summed E-state index contributed by atoms with van der Waals surface area (Å²) < 4.78 is 0.884. The van der Waals surface area contributed by atoms with Crippen molar-refractivity contribution in [1.29, 1.82) is 0 Å². The van der Waals surface area contributed by atoms with Gasteiger partial charge in [-0.3, -0.25) is 19.8 Å². The molecule has 1 aromatic carbocycles. The van der Waals surface area contributed by atoms with Crippen LogP contribution in [0.1, 0.15) is 24.8 Å². The fourth-order valence-electron chi connectivity index (χ4n) is 2.66. The third kappa shape index (κ3) is 1.95. The maximum absolute atomic E-state index is 12.5. The van der Waals surface area contributed by atoms with Gasteiger partial charge in [-0.1, -0.05) is 34.5 Å². The predicted molar refractivity (Wildman–Crippen MR) is 74.5 cm³/mol. The number of rotatable bonds is 2. The zero-order chi connectivity index (χ0) is 14.3. The number of barbiturate groups is 1. The van der Waals surface area contributed by atoms with Crippen LogP contribution in [0.15, 0.2) is 28.7 Å². The van der Waals surface area contributed by atoms with Crippen LogP contribution in [0, 0.1) is 5.41 Å². The molecule has 1 saturated heterocycles. The van der Waals surface area contributed by atoms with E-state index in [1.807, 2.05) is 24.3 Å². The van der Waals surface area contributed by atoms with E-state index in [9.17, 15) is 14.4 Å². The Labute approximate surface area is 124 Å². The van der Waals surface area contributed by atoms with E-state index in [-0.39, 0.29) is 12.5 Å². The van der Waals surface area contributed by atoms with Crippen LogP contribution in [0.4, 0.5) is 4.79 Å². The maximum atomic E-state index is 12.5.